The van der Waals surface area contributed by atoms with Crippen molar-refractivity contribution in [1.82, 2.24) is 5.32 Å². The second-order valence-corrected chi connectivity index (χ2v) is 6.89. The maximum atomic E-state index is 12.2. The van der Waals surface area contributed by atoms with Crippen LogP contribution in [0.15, 0.2) is 48.5 Å². The van der Waals surface area contributed by atoms with Crippen molar-refractivity contribution in [3.05, 3.63) is 59.7 Å². The largest absolute Gasteiger partial charge is 0.495 e. The quantitative estimate of drug-likeness (QED) is 0.841. The summed E-state index contributed by atoms with van der Waals surface area (Å²) >= 11 is 0. The summed E-state index contributed by atoms with van der Waals surface area (Å²) in [5.74, 6) is 0.634. The van der Waals surface area contributed by atoms with Gasteiger partial charge in [0.2, 0.25) is 0 Å². The summed E-state index contributed by atoms with van der Waals surface area (Å²) in [6.07, 6.45) is 0. The van der Waals surface area contributed by atoms with Gasteiger partial charge in [0, 0.05) is 0 Å². The van der Waals surface area contributed by atoms with Gasteiger partial charge in [-0.2, -0.15) is 0 Å². The summed E-state index contributed by atoms with van der Waals surface area (Å²) in [4.78, 5) is 12.2. The van der Waals surface area contributed by atoms with Crippen LogP contribution in [0.3, 0.4) is 0 Å². The van der Waals surface area contributed by atoms with Crippen molar-refractivity contribution in [3.8, 4) is 5.75 Å². The monoisotopic (exact) mass is 326 g/mol. The van der Waals surface area contributed by atoms with Crippen molar-refractivity contribution >= 4 is 11.7 Å². The van der Waals surface area contributed by atoms with Gasteiger partial charge in [-0.3, -0.25) is 0 Å². The van der Waals surface area contributed by atoms with Gasteiger partial charge in [0.05, 0.1) is 18.8 Å². The first kappa shape index (κ1) is 17.9. The molecule has 0 aliphatic carbocycles. The van der Waals surface area contributed by atoms with Gasteiger partial charge in [0.1, 0.15) is 5.75 Å². The van der Waals surface area contributed by atoms with E-state index in [1.54, 1.807) is 13.2 Å². The maximum absolute atomic E-state index is 12.2. The molecule has 0 radical (unpaired) electrons. The minimum Gasteiger partial charge on any atom is -0.495 e. The highest BCUT2D eigenvalue weighted by atomic mass is 16.5. The molecular formula is C20H26N2O2. The van der Waals surface area contributed by atoms with E-state index in [1.165, 1.54) is 5.56 Å². The number of amides is 2. The fraction of sp³-hybridized carbons (Fsp3) is 0.350. The van der Waals surface area contributed by atoms with Crippen LogP contribution in [0.5, 0.6) is 5.75 Å². The Morgan fingerprint density at radius 1 is 1.04 bits per heavy atom. The first-order valence-electron chi connectivity index (χ1n) is 8.12. The molecule has 4 nitrogen and oxygen atoms in total. The molecule has 0 spiro atoms. The molecular weight excluding hydrogens is 300 g/mol. The lowest BCUT2D eigenvalue weighted by molar-refractivity contribution is 0.249. The minimum absolute atomic E-state index is 0.0891. The summed E-state index contributed by atoms with van der Waals surface area (Å²) in [5, 5.41) is 5.77. The van der Waals surface area contributed by atoms with E-state index in [0.29, 0.717) is 11.4 Å². The normalized spacial score (nSPS) is 12.4. The predicted octanol–water partition coefficient (Wildman–Crippen LogP) is 4.88. The van der Waals surface area contributed by atoms with Crippen molar-refractivity contribution in [2.24, 2.45) is 0 Å². The lowest BCUT2D eigenvalue weighted by atomic mass is 9.86. The van der Waals surface area contributed by atoms with Crippen LogP contribution >= 0.6 is 0 Å². The van der Waals surface area contributed by atoms with E-state index < -0.39 is 0 Å². The van der Waals surface area contributed by atoms with Gasteiger partial charge in [-0.05, 0) is 35.6 Å². The Morgan fingerprint density at radius 3 is 2.25 bits per heavy atom. The number of anilines is 1. The zero-order valence-corrected chi connectivity index (χ0v) is 15.0. The number of hydrogen-bond acceptors (Lipinski definition) is 2. The zero-order valence-electron chi connectivity index (χ0n) is 15.0. The second-order valence-electron chi connectivity index (χ2n) is 6.89. The lowest BCUT2D eigenvalue weighted by Gasteiger charge is -2.21. The number of carbonyl (C=O) groups excluding carboxylic acids is 1. The topological polar surface area (TPSA) is 50.4 Å². The van der Waals surface area contributed by atoms with Crippen LogP contribution in [0.4, 0.5) is 10.5 Å². The number of para-hydroxylation sites is 2. The van der Waals surface area contributed by atoms with E-state index in [9.17, 15) is 4.79 Å². The van der Waals surface area contributed by atoms with Crippen LogP contribution in [-0.2, 0) is 5.41 Å². The van der Waals surface area contributed by atoms with E-state index in [4.69, 9.17) is 4.74 Å². The van der Waals surface area contributed by atoms with Gasteiger partial charge in [0.15, 0.2) is 0 Å². The van der Waals surface area contributed by atoms with Gasteiger partial charge in [-0.15, -0.1) is 0 Å². The molecule has 0 aliphatic rings. The second kappa shape index (κ2) is 7.39. The third-order valence-electron chi connectivity index (χ3n) is 3.98. The molecule has 0 aromatic heterocycles. The van der Waals surface area contributed by atoms with E-state index in [1.807, 2.05) is 25.1 Å². The Balaban J connectivity index is 2.01. The summed E-state index contributed by atoms with van der Waals surface area (Å²) in [6.45, 7) is 8.52. The number of urea groups is 1. The van der Waals surface area contributed by atoms with Gasteiger partial charge in [0.25, 0.3) is 0 Å². The number of carbonyl (C=O) groups is 1. The van der Waals surface area contributed by atoms with Gasteiger partial charge in [-0.25, -0.2) is 4.79 Å². The Labute approximate surface area is 144 Å². The fourth-order valence-electron chi connectivity index (χ4n) is 2.46. The molecule has 0 aliphatic heterocycles. The molecule has 4 heteroatoms. The molecule has 128 valence electrons. The Hall–Kier alpha value is -2.49. The third-order valence-corrected chi connectivity index (χ3v) is 3.98. The average molecular weight is 326 g/mol. The molecule has 0 heterocycles. The Bertz CT molecular complexity index is 688. The zero-order chi connectivity index (χ0) is 17.7. The highest BCUT2D eigenvalue weighted by Crippen LogP contribution is 2.25. The molecule has 2 amide bonds. The molecule has 0 bridgehead atoms. The van der Waals surface area contributed by atoms with Crippen LogP contribution < -0.4 is 15.4 Å². The van der Waals surface area contributed by atoms with Crippen LogP contribution in [0.2, 0.25) is 0 Å². The lowest BCUT2D eigenvalue weighted by Crippen LogP contribution is -2.31. The number of methoxy groups -OCH3 is 1. The number of ether oxygens (including phenoxy) is 1. The highest BCUT2D eigenvalue weighted by Gasteiger charge is 2.15. The van der Waals surface area contributed by atoms with Gasteiger partial charge in [-0.1, -0.05) is 57.2 Å². The molecule has 2 N–H and O–H groups in total. The summed E-state index contributed by atoms with van der Waals surface area (Å²) < 4.78 is 5.24. The standard InChI is InChI=1S/C20H26N2O2/c1-14(15-10-12-16(13-11-15)20(2,3)4)21-19(23)22-17-8-6-7-9-18(17)24-5/h6-14H,1-5H3,(H2,21,22,23)/t14-/m0/s1. The van der Waals surface area contributed by atoms with E-state index in [-0.39, 0.29) is 17.5 Å². The Kier molecular flexibility index (Phi) is 5.50. The number of hydrogen-bond donors (Lipinski definition) is 2. The smallest absolute Gasteiger partial charge is 0.319 e. The van der Waals surface area contributed by atoms with E-state index >= 15 is 0 Å². The summed E-state index contributed by atoms with van der Waals surface area (Å²) in [5.41, 5.74) is 3.11. The van der Waals surface area contributed by atoms with Crippen molar-refractivity contribution < 1.29 is 9.53 Å². The maximum Gasteiger partial charge on any atom is 0.319 e. The molecule has 0 saturated carbocycles. The molecule has 2 aromatic rings. The number of nitrogens with one attached hydrogen (secondary N) is 2. The predicted molar refractivity (Wildman–Crippen MR) is 98.7 cm³/mol. The Morgan fingerprint density at radius 2 is 1.67 bits per heavy atom. The molecule has 2 aromatic carbocycles. The van der Waals surface area contributed by atoms with Crippen molar-refractivity contribution in [2.75, 3.05) is 12.4 Å². The SMILES string of the molecule is COc1ccccc1NC(=O)N[C@@H](C)c1ccc(C(C)(C)C)cc1. The van der Waals surface area contributed by atoms with Crippen molar-refractivity contribution in [2.45, 2.75) is 39.2 Å². The van der Waals surface area contributed by atoms with E-state index in [0.717, 1.165) is 5.56 Å². The number of benzene rings is 2. The molecule has 0 unspecified atom stereocenters. The molecule has 1 atom stereocenters. The highest BCUT2D eigenvalue weighted by molar-refractivity contribution is 5.91. The molecule has 2 rings (SSSR count). The average Bonchev–Trinajstić information content (AvgIpc) is 2.54. The first-order chi connectivity index (χ1) is 11.3. The van der Waals surface area contributed by atoms with Crippen molar-refractivity contribution in [3.63, 3.8) is 0 Å². The van der Waals surface area contributed by atoms with Crippen molar-refractivity contribution in [1.29, 1.82) is 0 Å². The van der Waals surface area contributed by atoms with Crippen LogP contribution in [0, 0.1) is 0 Å². The fourth-order valence-corrected chi connectivity index (χ4v) is 2.46. The summed E-state index contributed by atoms with van der Waals surface area (Å²) in [6, 6.07) is 15.3. The van der Waals surface area contributed by atoms with Gasteiger partial charge >= 0.3 is 6.03 Å². The summed E-state index contributed by atoms with van der Waals surface area (Å²) in [7, 11) is 1.58. The van der Waals surface area contributed by atoms with Crippen LogP contribution in [-0.4, -0.2) is 13.1 Å². The molecule has 0 saturated heterocycles. The van der Waals surface area contributed by atoms with Gasteiger partial charge < -0.3 is 15.4 Å². The third kappa shape index (κ3) is 4.51. The first-order valence-corrected chi connectivity index (χ1v) is 8.12. The van der Waals surface area contributed by atoms with E-state index in [2.05, 4.69) is 55.7 Å². The van der Waals surface area contributed by atoms with Crippen LogP contribution in [0.25, 0.3) is 0 Å². The van der Waals surface area contributed by atoms with Crippen LogP contribution in [0.1, 0.15) is 44.9 Å². The molecule has 24 heavy (non-hydrogen) atoms. The number of rotatable bonds is 4. The minimum atomic E-state index is -0.258. The molecule has 0 fully saturated rings.